The van der Waals surface area contributed by atoms with Crippen LogP contribution < -0.4 is 10.9 Å². The highest BCUT2D eigenvalue weighted by atomic mass is 32.1. The molecule has 1 aromatic heterocycles. The van der Waals surface area contributed by atoms with Crippen LogP contribution in [0.3, 0.4) is 0 Å². The second kappa shape index (κ2) is 5.35. The summed E-state index contributed by atoms with van der Waals surface area (Å²) in [5.41, 5.74) is 5.93. The average Bonchev–Trinajstić information content (AvgIpc) is 2.57. The number of carbonyl (C=O) groups is 2. The van der Waals surface area contributed by atoms with E-state index >= 15 is 0 Å². The average molecular weight is 228 g/mol. The largest absolute Gasteiger partial charge is 0.462 e. The first-order valence-electron chi connectivity index (χ1n) is 4.41. The summed E-state index contributed by atoms with van der Waals surface area (Å²) in [4.78, 5) is 22.5. The van der Waals surface area contributed by atoms with Gasteiger partial charge in [-0.05, 0) is 13.8 Å². The molecule has 0 bridgehead atoms. The van der Waals surface area contributed by atoms with Crippen LogP contribution in [0.5, 0.6) is 0 Å². The van der Waals surface area contributed by atoms with Gasteiger partial charge in [0.15, 0.2) is 0 Å². The zero-order valence-electron chi connectivity index (χ0n) is 8.49. The Labute approximate surface area is 91.4 Å². The Balaban J connectivity index is 2.87. The zero-order valence-corrected chi connectivity index (χ0v) is 9.31. The Morgan fingerprint density at radius 2 is 2.40 bits per heavy atom. The second-order valence-electron chi connectivity index (χ2n) is 2.69. The molecule has 0 radical (unpaired) electrons. The number of ether oxygens (including phenoxy) is 1. The monoisotopic (exact) mass is 228 g/mol. The van der Waals surface area contributed by atoms with E-state index in [1.165, 1.54) is 11.3 Å². The van der Waals surface area contributed by atoms with E-state index in [2.05, 4.69) is 10.9 Å². The van der Waals surface area contributed by atoms with Gasteiger partial charge in [0, 0.05) is 10.3 Å². The van der Waals surface area contributed by atoms with Crippen LogP contribution in [0.2, 0.25) is 0 Å². The third-order valence-corrected chi connectivity index (χ3v) is 2.63. The predicted molar refractivity (Wildman–Crippen MR) is 57.8 cm³/mol. The maximum Gasteiger partial charge on any atom is 0.341 e. The number of nitrogens with one attached hydrogen (secondary N) is 2. The van der Waals surface area contributed by atoms with Crippen molar-refractivity contribution in [3.8, 4) is 0 Å². The number of hydrogen-bond acceptors (Lipinski definition) is 5. The van der Waals surface area contributed by atoms with Gasteiger partial charge in [0.25, 0.3) is 0 Å². The van der Waals surface area contributed by atoms with Crippen molar-refractivity contribution in [2.45, 2.75) is 13.8 Å². The first kappa shape index (κ1) is 11.5. The summed E-state index contributed by atoms with van der Waals surface area (Å²) in [6, 6.07) is 0. The number of aryl methyl sites for hydroxylation is 1. The lowest BCUT2D eigenvalue weighted by molar-refractivity contribution is -0.109. The lowest BCUT2D eigenvalue weighted by Crippen LogP contribution is -2.20. The second-order valence-corrected chi connectivity index (χ2v) is 3.77. The molecule has 0 unspecified atom stereocenters. The van der Waals surface area contributed by atoms with Crippen LogP contribution in [-0.4, -0.2) is 19.0 Å². The van der Waals surface area contributed by atoms with Crippen LogP contribution in [0.4, 0.5) is 5.69 Å². The summed E-state index contributed by atoms with van der Waals surface area (Å²) in [5.74, 6) is -0.383. The molecule has 1 heterocycles. The molecule has 1 amide bonds. The van der Waals surface area contributed by atoms with E-state index in [0.717, 1.165) is 4.88 Å². The molecule has 0 fully saturated rings. The predicted octanol–water partition coefficient (Wildman–Crippen LogP) is 1.31. The fourth-order valence-corrected chi connectivity index (χ4v) is 1.89. The number of thiophene rings is 1. The van der Waals surface area contributed by atoms with Gasteiger partial charge in [-0.3, -0.25) is 15.6 Å². The number of hydrazine groups is 1. The maximum atomic E-state index is 11.5. The summed E-state index contributed by atoms with van der Waals surface area (Å²) < 4.78 is 4.90. The minimum absolute atomic E-state index is 0.328. The SMILES string of the molecule is CCOC(=O)c1c(NNC=O)csc1C. The van der Waals surface area contributed by atoms with E-state index in [9.17, 15) is 9.59 Å². The van der Waals surface area contributed by atoms with Crippen LogP contribution in [0.1, 0.15) is 22.2 Å². The molecule has 0 aliphatic carbocycles. The third-order valence-electron chi connectivity index (χ3n) is 1.72. The summed E-state index contributed by atoms with van der Waals surface area (Å²) in [5, 5.41) is 1.75. The Morgan fingerprint density at radius 1 is 1.67 bits per heavy atom. The molecular weight excluding hydrogens is 216 g/mol. The highest BCUT2D eigenvalue weighted by Gasteiger charge is 2.17. The van der Waals surface area contributed by atoms with Gasteiger partial charge in [0.05, 0.1) is 17.9 Å². The van der Waals surface area contributed by atoms with Gasteiger partial charge in [0.1, 0.15) is 0 Å². The minimum Gasteiger partial charge on any atom is -0.462 e. The third kappa shape index (κ3) is 2.69. The maximum absolute atomic E-state index is 11.5. The molecule has 6 heteroatoms. The van der Waals surface area contributed by atoms with Gasteiger partial charge in [-0.1, -0.05) is 0 Å². The van der Waals surface area contributed by atoms with Crippen LogP contribution in [0.15, 0.2) is 5.38 Å². The molecular formula is C9H12N2O3S. The van der Waals surface area contributed by atoms with Crippen molar-refractivity contribution in [1.82, 2.24) is 5.43 Å². The molecule has 15 heavy (non-hydrogen) atoms. The van der Waals surface area contributed by atoms with Gasteiger partial charge in [0.2, 0.25) is 6.41 Å². The van der Waals surface area contributed by atoms with Crippen molar-refractivity contribution < 1.29 is 14.3 Å². The van der Waals surface area contributed by atoms with E-state index in [1.807, 2.05) is 6.92 Å². The zero-order chi connectivity index (χ0) is 11.3. The molecule has 1 rings (SSSR count). The quantitative estimate of drug-likeness (QED) is 0.453. The van der Waals surface area contributed by atoms with Crippen molar-refractivity contribution in [1.29, 1.82) is 0 Å². The van der Waals surface area contributed by atoms with Crippen molar-refractivity contribution in [2.24, 2.45) is 0 Å². The number of rotatable bonds is 5. The first-order chi connectivity index (χ1) is 7.20. The Hall–Kier alpha value is -1.56. The highest BCUT2D eigenvalue weighted by Crippen LogP contribution is 2.26. The van der Waals surface area contributed by atoms with Crippen LogP contribution in [0.25, 0.3) is 0 Å². The minimum atomic E-state index is -0.383. The molecule has 0 saturated heterocycles. The number of amides is 1. The Morgan fingerprint density at radius 3 is 3.00 bits per heavy atom. The number of anilines is 1. The van der Waals surface area contributed by atoms with Gasteiger partial charge in [-0.15, -0.1) is 11.3 Å². The molecule has 0 atom stereocenters. The molecule has 0 aromatic carbocycles. The Bertz CT molecular complexity index is 362. The van der Waals surface area contributed by atoms with E-state index in [1.54, 1.807) is 12.3 Å². The molecule has 5 nitrogen and oxygen atoms in total. The molecule has 1 aromatic rings. The number of carbonyl (C=O) groups excluding carboxylic acids is 2. The fourth-order valence-electron chi connectivity index (χ4n) is 1.11. The standard InChI is InChI=1S/C9H12N2O3S/c1-3-14-9(13)8-6(2)15-4-7(8)11-10-5-12/h4-5,11H,3H2,1-2H3,(H,10,12). The van der Waals surface area contributed by atoms with E-state index in [4.69, 9.17) is 4.74 Å². The van der Waals surface area contributed by atoms with Crippen molar-refractivity contribution in [2.75, 3.05) is 12.0 Å². The molecule has 0 aliphatic rings. The molecule has 82 valence electrons. The van der Waals surface area contributed by atoms with Crippen LogP contribution >= 0.6 is 11.3 Å². The van der Waals surface area contributed by atoms with E-state index in [-0.39, 0.29) is 5.97 Å². The van der Waals surface area contributed by atoms with Crippen molar-refractivity contribution >= 4 is 29.4 Å². The van der Waals surface area contributed by atoms with Crippen molar-refractivity contribution in [3.63, 3.8) is 0 Å². The van der Waals surface area contributed by atoms with E-state index < -0.39 is 0 Å². The van der Waals surface area contributed by atoms with Gasteiger partial charge in [-0.2, -0.15) is 0 Å². The van der Waals surface area contributed by atoms with Crippen molar-refractivity contribution in [3.05, 3.63) is 15.8 Å². The fraction of sp³-hybridized carbons (Fsp3) is 0.333. The van der Waals surface area contributed by atoms with Gasteiger partial charge < -0.3 is 4.74 Å². The summed E-state index contributed by atoms with van der Waals surface area (Å²) in [6.45, 7) is 3.90. The van der Waals surface area contributed by atoms with Gasteiger partial charge >= 0.3 is 5.97 Å². The van der Waals surface area contributed by atoms with Gasteiger partial charge in [-0.25, -0.2) is 4.79 Å². The lowest BCUT2D eigenvalue weighted by atomic mass is 10.2. The molecule has 0 aliphatic heterocycles. The smallest absolute Gasteiger partial charge is 0.341 e. The summed E-state index contributed by atoms with van der Waals surface area (Å²) >= 11 is 1.42. The molecule has 0 saturated carbocycles. The topological polar surface area (TPSA) is 67.4 Å². The molecule has 0 spiro atoms. The summed E-state index contributed by atoms with van der Waals surface area (Å²) in [7, 11) is 0. The normalized spacial score (nSPS) is 9.47. The highest BCUT2D eigenvalue weighted by molar-refractivity contribution is 7.10. The van der Waals surface area contributed by atoms with Crippen LogP contribution in [0, 0.1) is 6.92 Å². The Kier molecular flexibility index (Phi) is 4.11. The van der Waals surface area contributed by atoms with Crippen LogP contribution in [-0.2, 0) is 9.53 Å². The summed E-state index contributed by atoms with van der Waals surface area (Å²) in [6.07, 6.45) is 0.502. The lowest BCUT2D eigenvalue weighted by Gasteiger charge is -2.06. The molecule has 2 N–H and O–H groups in total. The number of esters is 1. The van der Waals surface area contributed by atoms with E-state index in [0.29, 0.717) is 24.3 Å². The first-order valence-corrected chi connectivity index (χ1v) is 5.29. The number of hydrogen-bond donors (Lipinski definition) is 2.